The van der Waals surface area contributed by atoms with Gasteiger partial charge in [0.25, 0.3) is 0 Å². The first-order valence-electron chi connectivity index (χ1n) is 5.38. The molecule has 1 aliphatic rings. The number of phenols is 2. The van der Waals surface area contributed by atoms with Crippen molar-refractivity contribution in [2.75, 3.05) is 14.2 Å². The van der Waals surface area contributed by atoms with Crippen LogP contribution in [0, 0.1) is 0 Å². The minimum atomic E-state index is 0.104. The fourth-order valence-electron chi connectivity index (χ4n) is 2.30. The minimum absolute atomic E-state index is 0.104. The number of hydrogen-bond donors (Lipinski definition) is 2. The third-order valence-corrected chi connectivity index (χ3v) is 3.08. The van der Waals surface area contributed by atoms with Crippen LogP contribution in [0.15, 0.2) is 0 Å². The highest BCUT2D eigenvalue weighted by molar-refractivity contribution is 5.66. The fraction of sp³-hybridized carbons (Fsp3) is 0.500. The SMILES string of the molecule is COc1c(O)c2c(c(O)c1OC)CCCC2. The van der Waals surface area contributed by atoms with E-state index in [2.05, 4.69) is 0 Å². The van der Waals surface area contributed by atoms with Gasteiger partial charge in [-0.1, -0.05) is 0 Å². The van der Waals surface area contributed by atoms with E-state index in [-0.39, 0.29) is 23.0 Å². The number of fused-ring (bicyclic) bond motifs is 1. The molecule has 4 heteroatoms. The van der Waals surface area contributed by atoms with E-state index in [0.29, 0.717) is 0 Å². The Balaban J connectivity index is 2.69. The number of hydrogen-bond acceptors (Lipinski definition) is 4. The molecule has 0 amide bonds. The van der Waals surface area contributed by atoms with Crippen LogP contribution in [-0.2, 0) is 12.8 Å². The predicted octanol–water partition coefficient (Wildman–Crippen LogP) is 1.99. The molecule has 0 bridgehead atoms. The van der Waals surface area contributed by atoms with Crippen molar-refractivity contribution in [2.45, 2.75) is 25.7 Å². The van der Waals surface area contributed by atoms with Gasteiger partial charge in [0.05, 0.1) is 14.2 Å². The molecule has 0 heterocycles. The number of ether oxygens (including phenoxy) is 2. The van der Waals surface area contributed by atoms with Crippen LogP contribution in [0.3, 0.4) is 0 Å². The molecule has 4 nitrogen and oxygen atoms in total. The molecule has 0 saturated carbocycles. The number of phenolic OH excluding ortho intramolecular Hbond substituents is 2. The van der Waals surface area contributed by atoms with Gasteiger partial charge in [0, 0.05) is 11.1 Å². The molecule has 2 rings (SSSR count). The summed E-state index contributed by atoms with van der Waals surface area (Å²) in [5.41, 5.74) is 1.59. The van der Waals surface area contributed by atoms with Crippen LogP contribution < -0.4 is 9.47 Å². The zero-order chi connectivity index (χ0) is 11.7. The Kier molecular flexibility index (Phi) is 2.81. The van der Waals surface area contributed by atoms with Gasteiger partial charge in [0.1, 0.15) is 0 Å². The number of rotatable bonds is 2. The van der Waals surface area contributed by atoms with Crippen molar-refractivity contribution in [3.8, 4) is 23.0 Å². The summed E-state index contributed by atoms with van der Waals surface area (Å²) in [4.78, 5) is 0. The first-order valence-corrected chi connectivity index (χ1v) is 5.38. The lowest BCUT2D eigenvalue weighted by Gasteiger charge is -2.22. The van der Waals surface area contributed by atoms with Crippen LogP contribution in [0.1, 0.15) is 24.0 Å². The van der Waals surface area contributed by atoms with E-state index in [0.717, 1.165) is 36.8 Å². The van der Waals surface area contributed by atoms with Crippen LogP contribution in [0.4, 0.5) is 0 Å². The molecule has 0 unspecified atom stereocenters. The maximum Gasteiger partial charge on any atom is 0.207 e. The Labute approximate surface area is 94.4 Å². The minimum Gasteiger partial charge on any atom is -0.504 e. The van der Waals surface area contributed by atoms with Crippen LogP contribution >= 0.6 is 0 Å². The quantitative estimate of drug-likeness (QED) is 0.754. The normalized spacial score (nSPS) is 14.4. The molecule has 0 saturated heterocycles. The Morgan fingerprint density at radius 2 is 1.19 bits per heavy atom. The van der Waals surface area contributed by atoms with Gasteiger partial charge >= 0.3 is 0 Å². The van der Waals surface area contributed by atoms with Crippen molar-refractivity contribution in [3.05, 3.63) is 11.1 Å². The second kappa shape index (κ2) is 4.12. The second-order valence-corrected chi connectivity index (χ2v) is 3.93. The molecular formula is C12H16O4. The first kappa shape index (κ1) is 10.9. The Morgan fingerprint density at radius 3 is 1.50 bits per heavy atom. The van der Waals surface area contributed by atoms with Gasteiger partial charge in [-0.15, -0.1) is 0 Å². The highest BCUT2D eigenvalue weighted by Crippen LogP contribution is 2.50. The number of aromatic hydroxyl groups is 2. The fourth-order valence-corrected chi connectivity index (χ4v) is 2.30. The van der Waals surface area contributed by atoms with Gasteiger partial charge in [0.15, 0.2) is 11.5 Å². The van der Waals surface area contributed by atoms with E-state index in [4.69, 9.17) is 9.47 Å². The zero-order valence-electron chi connectivity index (χ0n) is 9.54. The van der Waals surface area contributed by atoms with E-state index in [1.807, 2.05) is 0 Å². The van der Waals surface area contributed by atoms with Gasteiger partial charge in [-0.2, -0.15) is 0 Å². The van der Waals surface area contributed by atoms with E-state index in [9.17, 15) is 10.2 Å². The van der Waals surface area contributed by atoms with Crippen molar-refractivity contribution >= 4 is 0 Å². The van der Waals surface area contributed by atoms with E-state index in [1.165, 1.54) is 14.2 Å². The average molecular weight is 224 g/mol. The highest BCUT2D eigenvalue weighted by atomic mass is 16.5. The van der Waals surface area contributed by atoms with Crippen molar-refractivity contribution in [1.82, 2.24) is 0 Å². The summed E-state index contributed by atoms with van der Waals surface area (Å²) in [6, 6.07) is 0. The smallest absolute Gasteiger partial charge is 0.207 e. The molecule has 16 heavy (non-hydrogen) atoms. The predicted molar refractivity (Wildman–Crippen MR) is 59.5 cm³/mol. The van der Waals surface area contributed by atoms with Gasteiger partial charge < -0.3 is 19.7 Å². The van der Waals surface area contributed by atoms with Gasteiger partial charge in [-0.3, -0.25) is 0 Å². The zero-order valence-corrected chi connectivity index (χ0v) is 9.54. The van der Waals surface area contributed by atoms with Crippen LogP contribution in [0.5, 0.6) is 23.0 Å². The number of benzene rings is 1. The number of methoxy groups -OCH3 is 2. The van der Waals surface area contributed by atoms with E-state index in [1.54, 1.807) is 0 Å². The Bertz CT molecular complexity index is 356. The lowest BCUT2D eigenvalue weighted by Crippen LogP contribution is -2.06. The van der Waals surface area contributed by atoms with Crippen molar-refractivity contribution in [3.63, 3.8) is 0 Å². The molecule has 1 aromatic rings. The molecule has 0 aliphatic heterocycles. The summed E-state index contributed by atoms with van der Waals surface area (Å²) in [6.07, 6.45) is 3.59. The summed E-state index contributed by atoms with van der Waals surface area (Å²) in [5.74, 6) is 0.653. The molecule has 0 fully saturated rings. The van der Waals surface area contributed by atoms with Gasteiger partial charge in [-0.25, -0.2) is 0 Å². The van der Waals surface area contributed by atoms with Crippen molar-refractivity contribution < 1.29 is 19.7 Å². The summed E-state index contributed by atoms with van der Waals surface area (Å²) in [6.45, 7) is 0. The summed E-state index contributed by atoms with van der Waals surface area (Å²) in [7, 11) is 2.90. The highest BCUT2D eigenvalue weighted by Gasteiger charge is 2.26. The average Bonchev–Trinajstić information content (AvgIpc) is 2.33. The third kappa shape index (κ3) is 1.45. The van der Waals surface area contributed by atoms with Crippen molar-refractivity contribution in [1.29, 1.82) is 0 Å². The molecule has 0 atom stereocenters. The summed E-state index contributed by atoms with van der Waals surface area (Å²) >= 11 is 0. The van der Waals surface area contributed by atoms with Gasteiger partial charge in [0.2, 0.25) is 11.5 Å². The molecule has 0 aromatic heterocycles. The summed E-state index contributed by atoms with van der Waals surface area (Å²) in [5, 5.41) is 20.1. The third-order valence-electron chi connectivity index (χ3n) is 3.08. The molecule has 1 aromatic carbocycles. The Hall–Kier alpha value is -1.58. The monoisotopic (exact) mass is 224 g/mol. The second-order valence-electron chi connectivity index (χ2n) is 3.93. The van der Waals surface area contributed by atoms with Crippen LogP contribution in [-0.4, -0.2) is 24.4 Å². The van der Waals surface area contributed by atoms with Crippen LogP contribution in [0.2, 0.25) is 0 Å². The summed E-state index contributed by atoms with van der Waals surface area (Å²) < 4.78 is 10.2. The Morgan fingerprint density at radius 1 is 0.812 bits per heavy atom. The lowest BCUT2D eigenvalue weighted by molar-refractivity contribution is 0.311. The standard InChI is InChI=1S/C12H16O4/c1-15-11-9(13)7-5-3-4-6-8(7)10(14)12(11)16-2/h13-14H,3-6H2,1-2H3. The molecule has 0 radical (unpaired) electrons. The first-order chi connectivity index (χ1) is 7.70. The van der Waals surface area contributed by atoms with Crippen molar-refractivity contribution in [2.24, 2.45) is 0 Å². The maximum absolute atomic E-state index is 10.1. The van der Waals surface area contributed by atoms with Gasteiger partial charge in [-0.05, 0) is 25.7 Å². The molecular weight excluding hydrogens is 208 g/mol. The lowest BCUT2D eigenvalue weighted by atomic mass is 9.89. The van der Waals surface area contributed by atoms with Crippen LogP contribution in [0.25, 0.3) is 0 Å². The largest absolute Gasteiger partial charge is 0.504 e. The molecule has 2 N–H and O–H groups in total. The topological polar surface area (TPSA) is 58.9 Å². The molecule has 88 valence electrons. The van der Waals surface area contributed by atoms with E-state index >= 15 is 0 Å². The maximum atomic E-state index is 10.1. The van der Waals surface area contributed by atoms with E-state index < -0.39 is 0 Å². The molecule has 1 aliphatic carbocycles. The molecule has 0 spiro atoms.